The maximum atomic E-state index is 12.4. The number of rotatable bonds is 6. The van der Waals surface area contributed by atoms with E-state index in [2.05, 4.69) is 4.74 Å². The SMILES string of the molecule is COCN(C)C(=O)/C(C(=O)OC)=C(/C(=O)OC)[Si](C)(C)C. The van der Waals surface area contributed by atoms with Crippen LogP contribution in [0.5, 0.6) is 0 Å². The van der Waals surface area contributed by atoms with Crippen molar-refractivity contribution in [1.82, 2.24) is 4.90 Å². The van der Waals surface area contributed by atoms with E-state index in [4.69, 9.17) is 9.47 Å². The highest BCUT2D eigenvalue weighted by atomic mass is 28.3. The van der Waals surface area contributed by atoms with Crippen molar-refractivity contribution in [2.75, 3.05) is 35.1 Å². The van der Waals surface area contributed by atoms with E-state index < -0.39 is 25.9 Å². The van der Waals surface area contributed by atoms with Gasteiger partial charge in [0.2, 0.25) is 0 Å². The van der Waals surface area contributed by atoms with Gasteiger partial charge in [0, 0.05) is 19.4 Å². The van der Waals surface area contributed by atoms with Gasteiger partial charge in [0.1, 0.15) is 12.3 Å². The molecule has 0 fully saturated rings. The second-order valence-electron chi connectivity index (χ2n) is 5.40. The molecule has 0 heterocycles. The van der Waals surface area contributed by atoms with Crippen LogP contribution in [0.3, 0.4) is 0 Å². The highest BCUT2D eigenvalue weighted by molar-refractivity contribution is 6.87. The van der Waals surface area contributed by atoms with Crippen LogP contribution in [0, 0.1) is 0 Å². The number of nitrogens with zero attached hydrogens (tertiary/aromatic N) is 1. The van der Waals surface area contributed by atoms with E-state index in [1.54, 1.807) is 0 Å². The van der Waals surface area contributed by atoms with Gasteiger partial charge in [-0.3, -0.25) is 4.79 Å². The maximum Gasteiger partial charge on any atom is 0.343 e. The first-order chi connectivity index (χ1) is 9.61. The molecule has 0 N–H and O–H groups in total. The predicted octanol–water partition coefficient (Wildman–Crippen LogP) is 0.569. The minimum atomic E-state index is -2.33. The Morgan fingerprint density at radius 3 is 1.76 bits per heavy atom. The quantitative estimate of drug-likeness (QED) is 0.178. The summed E-state index contributed by atoms with van der Waals surface area (Å²) in [4.78, 5) is 37.7. The zero-order valence-electron chi connectivity index (χ0n) is 13.6. The normalized spacial score (nSPS) is 12.3. The molecule has 0 aliphatic heterocycles. The summed E-state index contributed by atoms with van der Waals surface area (Å²) >= 11 is 0. The van der Waals surface area contributed by atoms with Crippen LogP contribution >= 0.6 is 0 Å². The maximum absolute atomic E-state index is 12.4. The number of amides is 1. The topological polar surface area (TPSA) is 82.1 Å². The summed E-state index contributed by atoms with van der Waals surface area (Å²) < 4.78 is 14.3. The van der Waals surface area contributed by atoms with Crippen LogP contribution in [0.2, 0.25) is 19.6 Å². The molecule has 0 saturated heterocycles. The van der Waals surface area contributed by atoms with Gasteiger partial charge >= 0.3 is 11.9 Å². The number of esters is 2. The molecule has 0 aromatic rings. The van der Waals surface area contributed by atoms with E-state index in [0.717, 1.165) is 7.11 Å². The van der Waals surface area contributed by atoms with Crippen molar-refractivity contribution in [1.29, 1.82) is 0 Å². The third-order valence-corrected chi connectivity index (χ3v) is 4.62. The number of ether oxygens (including phenoxy) is 3. The summed E-state index contributed by atoms with van der Waals surface area (Å²) in [6, 6.07) is 0. The van der Waals surface area contributed by atoms with Crippen molar-refractivity contribution in [2.24, 2.45) is 0 Å². The molecule has 0 spiro atoms. The summed E-state index contributed by atoms with van der Waals surface area (Å²) in [5.41, 5.74) is -0.289. The Bertz CT molecular complexity index is 452. The van der Waals surface area contributed by atoms with Crippen LogP contribution in [-0.4, -0.2) is 65.9 Å². The van der Waals surface area contributed by atoms with Crippen LogP contribution < -0.4 is 0 Å². The van der Waals surface area contributed by atoms with Crippen LogP contribution in [0.1, 0.15) is 0 Å². The zero-order chi connectivity index (χ0) is 16.8. The first-order valence-electron chi connectivity index (χ1n) is 6.27. The van der Waals surface area contributed by atoms with Gasteiger partial charge in [0.05, 0.1) is 22.3 Å². The summed E-state index contributed by atoms with van der Waals surface area (Å²) in [6.07, 6.45) is 0. The largest absolute Gasteiger partial charge is 0.466 e. The van der Waals surface area contributed by atoms with Gasteiger partial charge in [-0.1, -0.05) is 19.6 Å². The van der Waals surface area contributed by atoms with Crippen LogP contribution in [-0.2, 0) is 28.6 Å². The van der Waals surface area contributed by atoms with Crippen LogP contribution in [0.4, 0.5) is 0 Å². The molecule has 0 atom stereocenters. The second-order valence-corrected chi connectivity index (χ2v) is 10.4. The van der Waals surface area contributed by atoms with Gasteiger partial charge < -0.3 is 19.1 Å². The third-order valence-electron chi connectivity index (χ3n) is 2.66. The Balaban J connectivity index is 6.17. The molecule has 0 saturated carbocycles. The Hall–Kier alpha value is -1.67. The van der Waals surface area contributed by atoms with Gasteiger partial charge in [0.15, 0.2) is 0 Å². The fourth-order valence-corrected chi connectivity index (χ4v) is 3.40. The fourth-order valence-electron chi connectivity index (χ4n) is 1.73. The van der Waals surface area contributed by atoms with Crippen molar-refractivity contribution in [2.45, 2.75) is 19.6 Å². The lowest BCUT2D eigenvalue weighted by Crippen LogP contribution is -2.40. The summed E-state index contributed by atoms with van der Waals surface area (Å²) in [5.74, 6) is -2.17. The summed E-state index contributed by atoms with van der Waals surface area (Å²) in [7, 11) is 2.93. The molecule has 7 nitrogen and oxygen atoms in total. The molecule has 8 heteroatoms. The number of methoxy groups -OCH3 is 3. The lowest BCUT2D eigenvalue weighted by Gasteiger charge is -2.24. The second kappa shape index (κ2) is 7.94. The summed E-state index contributed by atoms with van der Waals surface area (Å²) in [5, 5.41) is 0.102. The molecule has 21 heavy (non-hydrogen) atoms. The average Bonchev–Trinajstić information content (AvgIpc) is 2.41. The van der Waals surface area contributed by atoms with E-state index in [-0.39, 0.29) is 17.5 Å². The summed E-state index contributed by atoms with van der Waals surface area (Å²) in [6.45, 7) is 5.50. The predicted molar refractivity (Wildman–Crippen MR) is 79.1 cm³/mol. The number of hydrogen-bond donors (Lipinski definition) is 0. The molecule has 0 aliphatic rings. The van der Waals surface area contributed by atoms with Crippen molar-refractivity contribution in [3.05, 3.63) is 10.8 Å². The van der Waals surface area contributed by atoms with Crippen LogP contribution in [0.15, 0.2) is 10.8 Å². The minimum absolute atomic E-state index is 0.0144. The Kier molecular flexibility index (Phi) is 7.31. The first kappa shape index (κ1) is 19.3. The molecular formula is C13H23NO6Si. The number of carbonyl (C=O) groups excluding carboxylic acids is 3. The molecule has 0 rings (SSSR count). The molecule has 0 bridgehead atoms. The van der Waals surface area contributed by atoms with E-state index in [1.165, 1.54) is 26.2 Å². The van der Waals surface area contributed by atoms with E-state index in [0.29, 0.717) is 0 Å². The van der Waals surface area contributed by atoms with Gasteiger partial charge in [-0.25, -0.2) is 9.59 Å². The van der Waals surface area contributed by atoms with Gasteiger partial charge in [-0.2, -0.15) is 0 Å². The molecule has 120 valence electrons. The molecule has 0 unspecified atom stereocenters. The Morgan fingerprint density at radius 1 is 0.952 bits per heavy atom. The monoisotopic (exact) mass is 317 g/mol. The number of carbonyl (C=O) groups is 3. The lowest BCUT2D eigenvalue weighted by atomic mass is 10.2. The van der Waals surface area contributed by atoms with E-state index in [1.807, 2.05) is 19.6 Å². The Labute approximate surface area is 125 Å². The van der Waals surface area contributed by atoms with Crippen molar-refractivity contribution in [3.8, 4) is 0 Å². The van der Waals surface area contributed by atoms with E-state index >= 15 is 0 Å². The van der Waals surface area contributed by atoms with Gasteiger partial charge in [-0.05, 0) is 0 Å². The molecule has 1 amide bonds. The van der Waals surface area contributed by atoms with E-state index in [9.17, 15) is 14.4 Å². The standard InChI is InChI=1S/C13H23NO6Si/c1-14(8-18-2)11(15)9(12(16)19-3)10(13(17)20-4)21(5,6)7/h8H2,1-7H3/b10-9+. The van der Waals surface area contributed by atoms with Crippen LogP contribution in [0.25, 0.3) is 0 Å². The fraction of sp³-hybridized carbons (Fsp3) is 0.615. The molecule has 0 radical (unpaired) electrons. The smallest absolute Gasteiger partial charge is 0.343 e. The molecule has 0 aliphatic carbocycles. The van der Waals surface area contributed by atoms with Crippen molar-refractivity contribution >= 4 is 25.9 Å². The Morgan fingerprint density at radius 2 is 1.43 bits per heavy atom. The first-order valence-corrected chi connectivity index (χ1v) is 9.77. The van der Waals surface area contributed by atoms with Crippen molar-refractivity contribution < 1.29 is 28.6 Å². The molecule has 0 aromatic carbocycles. The number of hydrogen-bond acceptors (Lipinski definition) is 6. The van der Waals surface area contributed by atoms with Crippen molar-refractivity contribution in [3.63, 3.8) is 0 Å². The average molecular weight is 317 g/mol. The third kappa shape index (κ3) is 4.98. The minimum Gasteiger partial charge on any atom is -0.466 e. The molecule has 0 aromatic heterocycles. The van der Waals surface area contributed by atoms with Gasteiger partial charge in [0.25, 0.3) is 5.91 Å². The zero-order valence-corrected chi connectivity index (χ0v) is 14.6. The molecular weight excluding hydrogens is 294 g/mol. The lowest BCUT2D eigenvalue weighted by molar-refractivity contribution is -0.143. The highest BCUT2D eigenvalue weighted by Crippen LogP contribution is 2.22. The van der Waals surface area contributed by atoms with Gasteiger partial charge in [-0.15, -0.1) is 0 Å². The number of likely N-dealkylation sites (N-methyl/N-ethyl adjacent to an activating group) is 1. The highest BCUT2D eigenvalue weighted by Gasteiger charge is 2.37.